The van der Waals surface area contributed by atoms with E-state index in [1.54, 1.807) is 18.2 Å². The van der Waals surface area contributed by atoms with Crippen molar-refractivity contribution in [1.29, 1.82) is 0 Å². The third-order valence-electron chi connectivity index (χ3n) is 5.40. The quantitative estimate of drug-likeness (QED) is 0.669. The lowest BCUT2D eigenvalue weighted by molar-refractivity contribution is 0.0939. The topological polar surface area (TPSA) is 66.5 Å². The highest BCUT2D eigenvalue weighted by molar-refractivity contribution is 7.92. The molecule has 1 N–H and O–H groups in total. The molecule has 1 unspecified atom stereocenters. The minimum absolute atomic E-state index is 0.124. The summed E-state index contributed by atoms with van der Waals surface area (Å²) in [6.45, 7) is 2.33. The van der Waals surface area contributed by atoms with Crippen LogP contribution in [0.3, 0.4) is 0 Å². The fraction of sp³-hybridized carbons (Fsp3) is 0.208. The summed E-state index contributed by atoms with van der Waals surface area (Å²) < 4.78 is 28.2. The van der Waals surface area contributed by atoms with Crippen LogP contribution in [-0.4, -0.2) is 20.9 Å². The highest BCUT2D eigenvalue weighted by atomic mass is 32.2. The van der Waals surface area contributed by atoms with E-state index in [0.29, 0.717) is 12.1 Å². The minimum Gasteiger partial charge on any atom is -0.346 e. The number of rotatable bonds is 5. The number of nitrogens with zero attached hydrogens (tertiary/aromatic N) is 1. The van der Waals surface area contributed by atoms with Crippen molar-refractivity contribution in [3.8, 4) is 0 Å². The van der Waals surface area contributed by atoms with Crippen LogP contribution in [-0.2, 0) is 16.4 Å². The third kappa shape index (κ3) is 3.96. The number of carbonyl (C=O) groups is 1. The van der Waals surface area contributed by atoms with Crippen LogP contribution >= 0.6 is 0 Å². The van der Waals surface area contributed by atoms with E-state index in [1.165, 1.54) is 10.4 Å². The maximum Gasteiger partial charge on any atom is 0.264 e. The maximum atomic E-state index is 13.4. The zero-order valence-electron chi connectivity index (χ0n) is 16.8. The lowest BCUT2D eigenvalue weighted by atomic mass is 10.0. The third-order valence-corrected chi connectivity index (χ3v) is 7.21. The number of carbonyl (C=O) groups excluding carboxylic acids is 1. The molecular weight excluding hydrogens is 396 g/mol. The molecule has 1 heterocycles. The summed E-state index contributed by atoms with van der Waals surface area (Å²) in [4.78, 5) is 12.9. The molecule has 0 spiro atoms. The van der Waals surface area contributed by atoms with Crippen molar-refractivity contribution >= 4 is 21.6 Å². The Morgan fingerprint density at radius 2 is 1.70 bits per heavy atom. The van der Waals surface area contributed by atoms with Crippen molar-refractivity contribution in [2.45, 2.75) is 30.7 Å². The molecule has 3 aromatic carbocycles. The Morgan fingerprint density at radius 3 is 2.50 bits per heavy atom. The number of sulfonamides is 1. The van der Waals surface area contributed by atoms with Gasteiger partial charge in [0, 0.05) is 12.1 Å². The predicted molar refractivity (Wildman–Crippen MR) is 118 cm³/mol. The second kappa shape index (κ2) is 8.32. The van der Waals surface area contributed by atoms with E-state index >= 15 is 0 Å². The molecule has 5 nitrogen and oxygen atoms in total. The van der Waals surface area contributed by atoms with Crippen LogP contribution in [0.1, 0.15) is 40.9 Å². The molecule has 4 rings (SSSR count). The second-order valence-electron chi connectivity index (χ2n) is 7.44. The molecule has 1 amide bonds. The van der Waals surface area contributed by atoms with E-state index in [-0.39, 0.29) is 16.8 Å². The van der Waals surface area contributed by atoms with E-state index in [4.69, 9.17) is 0 Å². The van der Waals surface area contributed by atoms with Crippen LogP contribution in [0.4, 0.5) is 5.69 Å². The van der Waals surface area contributed by atoms with Gasteiger partial charge in [-0.25, -0.2) is 8.42 Å². The van der Waals surface area contributed by atoms with Gasteiger partial charge < -0.3 is 5.32 Å². The summed E-state index contributed by atoms with van der Waals surface area (Å²) in [7, 11) is -3.76. The largest absolute Gasteiger partial charge is 0.346 e. The number of benzene rings is 3. The second-order valence-corrected chi connectivity index (χ2v) is 9.31. The van der Waals surface area contributed by atoms with Gasteiger partial charge in [0.15, 0.2) is 0 Å². The summed E-state index contributed by atoms with van der Waals surface area (Å²) in [6, 6.07) is 23.3. The van der Waals surface area contributed by atoms with Gasteiger partial charge in [-0.05, 0) is 55.2 Å². The Morgan fingerprint density at radius 1 is 0.967 bits per heavy atom. The van der Waals surface area contributed by atoms with E-state index in [2.05, 4.69) is 5.32 Å². The molecule has 0 aromatic heterocycles. The first kappa shape index (κ1) is 20.2. The Hall–Kier alpha value is -3.12. The molecule has 1 aliphatic heterocycles. The minimum atomic E-state index is -3.76. The molecule has 1 aliphatic rings. The van der Waals surface area contributed by atoms with Crippen molar-refractivity contribution < 1.29 is 13.2 Å². The van der Waals surface area contributed by atoms with E-state index in [9.17, 15) is 13.2 Å². The van der Waals surface area contributed by atoms with Gasteiger partial charge in [-0.15, -0.1) is 0 Å². The lowest BCUT2D eigenvalue weighted by Gasteiger charge is -2.30. The first-order chi connectivity index (χ1) is 14.5. The highest BCUT2D eigenvalue weighted by Crippen LogP contribution is 2.32. The van der Waals surface area contributed by atoms with Crippen molar-refractivity contribution in [2.24, 2.45) is 0 Å². The molecule has 154 valence electrons. The molecule has 0 saturated heterocycles. The number of fused-ring (bicyclic) bond motifs is 1. The number of para-hydroxylation sites is 1. The van der Waals surface area contributed by atoms with Crippen LogP contribution in [0, 0.1) is 0 Å². The number of anilines is 1. The van der Waals surface area contributed by atoms with Gasteiger partial charge in [0.1, 0.15) is 0 Å². The molecule has 0 fully saturated rings. The summed E-state index contributed by atoms with van der Waals surface area (Å²) >= 11 is 0. The molecule has 0 saturated carbocycles. The Balaban J connectivity index is 1.60. The Labute approximate surface area is 177 Å². The number of hydrogen-bond donors (Lipinski definition) is 1. The van der Waals surface area contributed by atoms with Crippen LogP contribution in [0.5, 0.6) is 0 Å². The Bertz CT molecular complexity index is 1160. The monoisotopic (exact) mass is 420 g/mol. The van der Waals surface area contributed by atoms with Crippen LogP contribution in [0.2, 0.25) is 0 Å². The lowest BCUT2D eigenvalue weighted by Crippen LogP contribution is -2.35. The van der Waals surface area contributed by atoms with Crippen LogP contribution in [0.25, 0.3) is 0 Å². The zero-order chi connectivity index (χ0) is 21.1. The highest BCUT2D eigenvalue weighted by Gasteiger charge is 2.29. The number of aryl methyl sites for hydroxylation is 1. The first-order valence-corrected chi connectivity index (χ1v) is 11.5. The summed E-state index contributed by atoms with van der Waals surface area (Å²) in [5.74, 6) is -0.303. The van der Waals surface area contributed by atoms with Crippen molar-refractivity contribution in [1.82, 2.24) is 5.32 Å². The van der Waals surface area contributed by atoms with Gasteiger partial charge in [-0.1, -0.05) is 54.6 Å². The average molecular weight is 421 g/mol. The van der Waals surface area contributed by atoms with Crippen LogP contribution < -0.4 is 9.62 Å². The van der Waals surface area contributed by atoms with Crippen LogP contribution in [0.15, 0.2) is 83.8 Å². The van der Waals surface area contributed by atoms with Gasteiger partial charge in [-0.2, -0.15) is 0 Å². The zero-order valence-corrected chi connectivity index (χ0v) is 17.6. The summed E-state index contributed by atoms with van der Waals surface area (Å²) in [6.07, 6.45) is 1.63. The van der Waals surface area contributed by atoms with E-state index in [1.807, 2.05) is 61.5 Å². The van der Waals surface area contributed by atoms with E-state index in [0.717, 1.165) is 29.7 Å². The number of hydrogen-bond acceptors (Lipinski definition) is 3. The average Bonchev–Trinajstić information content (AvgIpc) is 2.79. The standard InChI is InChI=1S/C24H24N2O3S/c1-18(19-9-3-2-4-10-19)25-24(27)21-12-7-14-22(17-21)30(28,29)26-16-8-13-20-11-5-6-15-23(20)26/h2-7,9-12,14-15,17-18H,8,13,16H2,1H3,(H,25,27). The smallest absolute Gasteiger partial charge is 0.264 e. The predicted octanol–water partition coefficient (Wildman–Crippen LogP) is 4.32. The van der Waals surface area contributed by atoms with Gasteiger partial charge in [0.2, 0.25) is 0 Å². The van der Waals surface area contributed by atoms with E-state index < -0.39 is 10.0 Å². The molecule has 1 atom stereocenters. The fourth-order valence-corrected chi connectivity index (χ4v) is 5.37. The number of nitrogens with one attached hydrogen (secondary N) is 1. The summed E-state index contributed by atoms with van der Waals surface area (Å²) in [5, 5.41) is 2.94. The molecule has 0 aliphatic carbocycles. The molecular formula is C24H24N2O3S. The van der Waals surface area contributed by atoms with Gasteiger partial charge in [0.05, 0.1) is 16.6 Å². The van der Waals surface area contributed by atoms with Gasteiger partial charge >= 0.3 is 0 Å². The molecule has 30 heavy (non-hydrogen) atoms. The van der Waals surface area contributed by atoms with Crippen molar-refractivity contribution in [2.75, 3.05) is 10.8 Å². The van der Waals surface area contributed by atoms with Crippen molar-refractivity contribution in [3.05, 3.63) is 95.6 Å². The SMILES string of the molecule is CC(NC(=O)c1cccc(S(=O)(=O)N2CCCc3ccccc32)c1)c1ccccc1. The normalized spacial score (nSPS) is 14.6. The number of amides is 1. The Kier molecular flexibility index (Phi) is 5.59. The molecule has 0 bridgehead atoms. The molecule has 3 aromatic rings. The summed E-state index contributed by atoms with van der Waals surface area (Å²) in [5.41, 5.74) is 3.05. The fourth-order valence-electron chi connectivity index (χ4n) is 3.78. The van der Waals surface area contributed by atoms with Gasteiger partial charge in [-0.3, -0.25) is 9.10 Å². The molecule has 6 heteroatoms. The first-order valence-electron chi connectivity index (χ1n) is 10.0. The maximum absolute atomic E-state index is 13.4. The van der Waals surface area contributed by atoms with Crippen molar-refractivity contribution in [3.63, 3.8) is 0 Å². The van der Waals surface area contributed by atoms with Gasteiger partial charge in [0.25, 0.3) is 15.9 Å². The molecule has 0 radical (unpaired) electrons.